The maximum absolute atomic E-state index is 6.03. The number of hydrogen-bond donors (Lipinski definition) is 2. The van der Waals surface area contributed by atoms with Crippen LogP contribution in [0, 0.1) is 0 Å². The first-order valence-corrected chi connectivity index (χ1v) is 9.71. The Labute approximate surface area is 156 Å². The molecule has 24 heavy (non-hydrogen) atoms. The highest BCUT2D eigenvalue weighted by Crippen LogP contribution is 2.23. The molecule has 3 rings (SSSR count). The van der Waals surface area contributed by atoms with Gasteiger partial charge in [0.2, 0.25) is 5.16 Å². The van der Waals surface area contributed by atoms with Crippen LogP contribution in [0.2, 0.25) is 0 Å². The lowest BCUT2D eigenvalue weighted by atomic mass is 10.2. The molecule has 3 aromatic rings. The number of thioether (sulfide) groups is 1. The number of nitrogens with two attached hydrogens (primary N) is 1. The smallest absolute Gasteiger partial charge is 0.264 e. The van der Waals surface area contributed by atoms with Crippen molar-refractivity contribution in [3.63, 3.8) is 0 Å². The van der Waals surface area contributed by atoms with Gasteiger partial charge in [0.1, 0.15) is 0 Å². The molecule has 2 heterocycles. The van der Waals surface area contributed by atoms with Crippen LogP contribution in [0.4, 0.5) is 5.95 Å². The van der Waals surface area contributed by atoms with Crippen molar-refractivity contribution in [2.45, 2.75) is 17.8 Å². The molecule has 0 aliphatic rings. The van der Waals surface area contributed by atoms with Gasteiger partial charge in [-0.2, -0.15) is 5.10 Å². The molecule has 0 bridgehead atoms. The van der Waals surface area contributed by atoms with Crippen molar-refractivity contribution in [2.24, 2.45) is 5.10 Å². The highest BCUT2D eigenvalue weighted by Gasteiger charge is 2.10. The van der Waals surface area contributed by atoms with Gasteiger partial charge in [0.25, 0.3) is 5.95 Å². The van der Waals surface area contributed by atoms with E-state index < -0.39 is 0 Å². The summed E-state index contributed by atoms with van der Waals surface area (Å²) < 4.78 is 2.46. The van der Waals surface area contributed by atoms with Gasteiger partial charge in [-0.3, -0.25) is 0 Å². The molecule has 124 valence electrons. The molecule has 0 amide bonds. The van der Waals surface area contributed by atoms with Crippen molar-refractivity contribution >= 4 is 50.7 Å². The average molecular weight is 423 g/mol. The topological polar surface area (TPSA) is 81.1 Å². The lowest BCUT2D eigenvalue weighted by molar-refractivity contribution is 0.846. The molecule has 2 aromatic heterocycles. The van der Waals surface area contributed by atoms with Crippen LogP contribution in [0.5, 0.6) is 0 Å². The molecule has 0 radical (unpaired) electrons. The fourth-order valence-electron chi connectivity index (χ4n) is 1.90. The monoisotopic (exact) mass is 422 g/mol. The number of aromatic nitrogens is 3. The van der Waals surface area contributed by atoms with Gasteiger partial charge in [-0.15, -0.1) is 21.5 Å². The number of benzene rings is 1. The van der Waals surface area contributed by atoms with Crippen molar-refractivity contribution in [1.29, 1.82) is 0 Å². The van der Waals surface area contributed by atoms with Gasteiger partial charge in [-0.1, -0.05) is 45.9 Å². The Balaban J connectivity index is 1.64. The van der Waals surface area contributed by atoms with Crippen molar-refractivity contribution in [2.75, 3.05) is 11.3 Å². The predicted molar refractivity (Wildman–Crippen MR) is 104 cm³/mol. The van der Waals surface area contributed by atoms with Gasteiger partial charge >= 0.3 is 0 Å². The van der Waals surface area contributed by atoms with E-state index >= 15 is 0 Å². The summed E-state index contributed by atoms with van der Waals surface area (Å²) >= 11 is 6.61. The van der Waals surface area contributed by atoms with Crippen LogP contribution in [0.1, 0.15) is 17.4 Å². The van der Waals surface area contributed by atoms with Crippen molar-refractivity contribution in [3.05, 3.63) is 56.7 Å². The maximum atomic E-state index is 6.03. The van der Waals surface area contributed by atoms with Crippen LogP contribution in [0.3, 0.4) is 0 Å². The summed E-state index contributed by atoms with van der Waals surface area (Å²) in [4.78, 5) is 1.09. The Kier molecular flexibility index (Phi) is 5.54. The average Bonchev–Trinajstić information content (AvgIpc) is 3.21. The largest absolute Gasteiger partial charge is 0.334 e. The van der Waals surface area contributed by atoms with Crippen molar-refractivity contribution < 1.29 is 0 Å². The zero-order valence-corrected chi connectivity index (χ0v) is 16.0. The van der Waals surface area contributed by atoms with Gasteiger partial charge in [-0.25, -0.2) is 10.1 Å². The normalized spacial score (nSPS) is 11.7. The van der Waals surface area contributed by atoms with Gasteiger partial charge < -0.3 is 5.84 Å². The number of nitrogens with one attached hydrogen (secondary N) is 1. The summed E-state index contributed by atoms with van der Waals surface area (Å²) in [6.07, 6.45) is 0. The molecule has 0 unspecified atom stereocenters. The van der Waals surface area contributed by atoms with Crippen LogP contribution in [-0.2, 0) is 5.75 Å². The molecule has 0 saturated carbocycles. The van der Waals surface area contributed by atoms with E-state index in [1.54, 1.807) is 11.3 Å². The summed E-state index contributed by atoms with van der Waals surface area (Å²) in [5, 5.41) is 15.1. The number of halogens is 1. The number of anilines is 1. The third-order valence-corrected chi connectivity index (χ3v) is 5.61. The zero-order chi connectivity index (χ0) is 16.9. The first kappa shape index (κ1) is 17.0. The Morgan fingerprint density at radius 3 is 3.00 bits per heavy atom. The van der Waals surface area contributed by atoms with E-state index in [9.17, 15) is 0 Å². The number of nitrogens with zero attached hydrogens (tertiary/aromatic N) is 4. The maximum Gasteiger partial charge on any atom is 0.264 e. The van der Waals surface area contributed by atoms with Crippen molar-refractivity contribution in [3.8, 4) is 0 Å². The third-order valence-electron chi connectivity index (χ3n) is 3.12. The Morgan fingerprint density at radius 2 is 2.25 bits per heavy atom. The standard InChI is InChI=1S/C15H15BrN6S2/c1-10(13-6-3-7-23-13)18-19-14-20-21-15(22(14)17)24-9-11-4-2-5-12(16)8-11/h2-8H,9,17H2,1H3,(H,19,20)/b18-10+. The molecular formula is C15H15BrN6S2. The van der Waals surface area contributed by atoms with Crippen LogP contribution < -0.4 is 11.3 Å². The Hall–Kier alpha value is -1.84. The van der Waals surface area contributed by atoms with Crippen LogP contribution in [0.15, 0.2) is 56.5 Å². The molecule has 6 nitrogen and oxygen atoms in total. The summed E-state index contributed by atoms with van der Waals surface area (Å²) in [6, 6.07) is 12.1. The first-order chi connectivity index (χ1) is 11.6. The second kappa shape index (κ2) is 7.82. The Morgan fingerprint density at radius 1 is 1.38 bits per heavy atom. The van der Waals surface area contributed by atoms with Crippen LogP contribution >= 0.6 is 39.0 Å². The number of hydrazone groups is 1. The molecule has 0 aliphatic heterocycles. The first-order valence-electron chi connectivity index (χ1n) is 7.05. The van der Waals surface area contributed by atoms with Gasteiger partial charge in [0.15, 0.2) is 0 Å². The second-order valence-corrected chi connectivity index (χ2v) is 7.69. The van der Waals surface area contributed by atoms with Gasteiger partial charge in [-0.05, 0) is 36.1 Å². The van der Waals surface area contributed by atoms with E-state index in [0.717, 1.165) is 20.8 Å². The van der Waals surface area contributed by atoms with E-state index in [1.165, 1.54) is 22.0 Å². The van der Waals surface area contributed by atoms with Crippen molar-refractivity contribution in [1.82, 2.24) is 14.9 Å². The van der Waals surface area contributed by atoms with Gasteiger partial charge in [0.05, 0.1) is 5.71 Å². The zero-order valence-electron chi connectivity index (χ0n) is 12.8. The molecule has 0 aliphatic carbocycles. The number of hydrogen-bond acceptors (Lipinski definition) is 7. The highest BCUT2D eigenvalue weighted by molar-refractivity contribution is 9.10. The molecule has 0 spiro atoms. The third kappa shape index (κ3) is 4.16. The van der Waals surface area contributed by atoms with Gasteiger partial charge in [0, 0.05) is 15.1 Å². The Bertz CT molecular complexity index is 844. The summed E-state index contributed by atoms with van der Waals surface area (Å²) in [6.45, 7) is 1.93. The minimum Gasteiger partial charge on any atom is -0.334 e. The van der Waals surface area contributed by atoms with Crippen LogP contribution in [0.25, 0.3) is 0 Å². The molecule has 0 atom stereocenters. The quantitative estimate of drug-likeness (QED) is 0.272. The van der Waals surface area contributed by atoms with E-state index in [0.29, 0.717) is 11.1 Å². The molecule has 1 aromatic carbocycles. The SMILES string of the molecule is C/C(=N\Nc1nnc(SCc2cccc(Br)c2)n1N)c1cccs1. The van der Waals surface area contributed by atoms with E-state index in [2.05, 4.69) is 48.8 Å². The fourth-order valence-corrected chi connectivity index (χ4v) is 3.82. The van der Waals surface area contributed by atoms with E-state index in [4.69, 9.17) is 5.84 Å². The fraction of sp³-hybridized carbons (Fsp3) is 0.133. The highest BCUT2D eigenvalue weighted by atomic mass is 79.9. The van der Waals surface area contributed by atoms with E-state index in [-0.39, 0.29) is 0 Å². The predicted octanol–water partition coefficient (Wildman–Crippen LogP) is 3.94. The molecule has 0 saturated heterocycles. The molecule has 0 fully saturated rings. The molecule has 9 heteroatoms. The van der Waals surface area contributed by atoms with Crippen LogP contribution in [-0.4, -0.2) is 20.6 Å². The lowest BCUT2D eigenvalue weighted by Gasteiger charge is -2.04. The summed E-state index contributed by atoms with van der Waals surface area (Å²) in [5.41, 5.74) is 4.92. The molecular weight excluding hydrogens is 408 g/mol. The second-order valence-electron chi connectivity index (χ2n) is 4.88. The summed E-state index contributed by atoms with van der Waals surface area (Å²) in [7, 11) is 0. The molecule has 3 N–H and O–H groups in total. The number of thiophene rings is 1. The van der Waals surface area contributed by atoms with E-state index in [1.807, 2.05) is 36.6 Å². The minimum atomic E-state index is 0.405. The number of nitrogen functional groups attached to an aromatic ring is 1. The summed E-state index contributed by atoms with van der Waals surface area (Å²) in [5.74, 6) is 7.20. The lowest BCUT2D eigenvalue weighted by Crippen LogP contribution is -2.13. The minimum absolute atomic E-state index is 0.405. The number of rotatable bonds is 6.